The van der Waals surface area contributed by atoms with E-state index in [2.05, 4.69) is 10.1 Å². The third-order valence-electron chi connectivity index (χ3n) is 2.58. The fourth-order valence-corrected chi connectivity index (χ4v) is 1.57. The first-order chi connectivity index (χ1) is 9.56. The van der Waals surface area contributed by atoms with Crippen molar-refractivity contribution in [3.05, 3.63) is 29.8 Å². The van der Waals surface area contributed by atoms with Crippen LogP contribution in [0.2, 0.25) is 0 Å². The molecule has 0 aliphatic heterocycles. The Kier molecular flexibility index (Phi) is 6.52. The van der Waals surface area contributed by atoms with Crippen LogP contribution in [-0.4, -0.2) is 38.7 Å². The average molecular weight is 281 g/mol. The minimum absolute atomic E-state index is 0.0539. The van der Waals surface area contributed by atoms with E-state index < -0.39 is 12.0 Å². The molecule has 1 aromatic carbocycles. The van der Waals surface area contributed by atoms with Gasteiger partial charge in [0.05, 0.1) is 27.4 Å². The van der Waals surface area contributed by atoms with E-state index >= 15 is 0 Å². The molecule has 6 nitrogen and oxygen atoms in total. The van der Waals surface area contributed by atoms with E-state index in [0.29, 0.717) is 6.61 Å². The normalized spacial score (nSPS) is 11.6. The molecule has 0 fully saturated rings. The highest BCUT2D eigenvalue weighted by atomic mass is 16.5. The highest BCUT2D eigenvalue weighted by Gasteiger charge is 2.20. The zero-order valence-corrected chi connectivity index (χ0v) is 11.8. The van der Waals surface area contributed by atoms with Gasteiger partial charge >= 0.3 is 5.97 Å². The summed E-state index contributed by atoms with van der Waals surface area (Å²) in [6.07, 6.45) is 0. The second-order valence-corrected chi connectivity index (χ2v) is 4.14. The number of hydrogen-bond acceptors (Lipinski definition) is 5. The topological polar surface area (TPSA) is 73.9 Å². The lowest BCUT2D eigenvalue weighted by Gasteiger charge is -2.15. The van der Waals surface area contributed by atoms with Crippen molar-refractivity contribution in [2.75, 3.05) is 20.8 Å². The number of methoxy groups -OCH3 is 2. The second-order valence-electron chi connectivity index (χ2n) is 4.14. The number of ether oxygens (including phenoxy) is 3. The molecule has 1 atom stereocenters. The first-order valence-corrected chi connectivity index (χ1v) is 6.12. The van der Waals surface area contributed by atoms with E-state index in [9.17, 15) is 9.59 Å². The van der Waals surface area contributed by atoms with E-state index in [1.807, 2.05) is 24.3 Å². The molecule has 0 spiro atoms. The summed E-state index contributed by atoms with van der Waals surface area (Å²) in [5.41, 5.74) is 0.942. The number of benzene rings is 1. The maximum Gasteiger partial charge on any atom is 0.330 e. The molecule has 0 saturated heterocycles. The van der Waals surface area contributed by atoms with Gasteiger partial charge in [0.1, 0.15) is 5.75 Å². The van der Waals surface area contributed by atoms with Crippen LogP contribution in [0.5, 0.6) is 5.75 Å². The largest absolute Gasteiger partial charge is 0.497 e. The van der Waals surface area contributed by atoms with Gasteiger partial charge in [-0.15, -0.1) is 0 Å². The summed E-state index contributed by atoms with van der Waals surface area (Å²) in [7, 11) is 2.86. The Hall–Kier alpha value is -2.08. The molecule has 1 N–H and O–H groups in total. The first kappa shape index (κ1) is 16.0. The van der Waals surface area contributed by atoms with E-state index in [-0.39, 0.29) is 12.5 Å². The van der Waals surface area contributed by atoms with Crippen LogP contribution in [0, 0.1) is 0 Å². The van der Waals surface area contributed by atoms with Crippen molar-refractivity contribution in [1.29, 1.82) is 0 Å². The van der Waals surface area contributed by atoms with Crippen LogP contribution in [0.25, 0.3) is 0 Å². The van der Waals surface area contributed by atoms with Crippen molar-refractivity contribution in [1.82, 2.24) is 5.32 Å². The van der Waals surface area contributed by atoms with Gasteiger partial charge in [-0.05, 0) is 17.7 Å². The van der Waals surface area contributed by atoms with Crippen LogP contribution in [0.4, 0.5) is 0 Å². The number of amides is 1. The SMILES string of the molecule is COC(=O)C(COCc1ccc(OC)cc1)NC(C)=O. The van der Waals surface area contributed by atoms with Crippen molar-refractivity contribution in [3.8, 4) is 5.75 Å². The highest BCUT2D eigenvalue weighted by Crippen LogP contribution is 2.12. The Labute approximate surface area is 118 Å². The standard InChI is InChI=1S/C14H19NO5/c1-10(16)15-13(14(17)19-3)9-20-8-11-4-6-12(18-2)7-5-11/h4-7,13H,8-9H2,1-3H3,(H,15,16). The van der Waals surface area contributed by atoms with Gasteiger partial charge in [-0.25, -0.2) is 4.79 Å². The van der Waals surface area contributed by atoms with Gasteiger partial charge in [0.15, 0.2) is 6.04 Å². The number of rotatable bonds is 7. The Morgan fingerprint density at radius 2 is 1.85 bits per heavy atom. The molecule has 0 heterocycles. The maximum atomic E-state index is 11.4. The zero-order valence-electron chi connectivity index (χ0n) is 11.8. The Morgan fingerprint density at radius 3 is 2.35 bits per heavy atom. The van der Waals surface area contributed by atoms with Gasteiger partial charge in [0.25, 0.3) is 0 Å². The Morgan fingerprint density at radius 1 is 1.20 bits per heavy atom. The zero-order chi connectivity index (χ0) is 15.0. The van der Waals surface area contributed by atoms with E-state index in [1.165, 1.54) is 14.0 Å². The fraction of sp³-hybridized carbons (Fsp3) is 0.429. The van der Waals surface area contributed by atoms with Crippen LogP contribution in [-0.2, 0) is 25.7 Å². The Bertz CT molecular complexity index is 443. The van der Waals surface area contributed by atoms with Crippen LogP contribution >= 0.6 is 0 Å². The van der Waals surface area contributed by atoms with Crippen LogP contribution in [0.1, 0.15) is 12.5 Å². The minimum atomic E-state index is -0.796. The van der Waals surface area contributed by atoms with Gasteiger partial charge in [0, 0.05) is 6.92 Å². The van der Waals surface area contributed by atoms with Crippen molar-refractivity contribution in [3.63, 3.8) is 0 Å². The van der Waals surface area contributed by atoms with Crippen LogP contribution in [0.3, 0.4) is 0 Å². The molecular weight excluding hydrogens is 262 g/mol. The monoisotopic (exact) mass is 281 g/mol. The lowest BCUT2D eigenvalue weighted by Crippen LogP contribution is -2.43. The third kappa shape index (κ3) is 5.27. The molecule has 0 saturated carbocycles. The van der Waals surface area contributed by atoms with Gasteiger partial charge in [-0.1, -0.05) is 12.1 Å². The van der Waals surface area contributed by atoms with Crippen molar-refractivity contribution in [2.24, 2.45) is 0 Å². The molecular formula is C14H19NO5. The molecule has 1 rings (SSSR count). The van der Waals surface area contributed by atoms with Crippen LogP contribution < -0.4 is 10.1 Å². The molecule has 0 bridgehead atoms. The molecule has 20 heavy (non-hydrogen) atoms. The van der Waals surface area contributed by atoms with Crippen molar-refractivity contribution >= 4 is 11.9 Å². The maximum absolute atomic E-state index is 11.4. The van der Waals surface area contributed by atoms with Crippen molar-refractivity contribution in [2.45, 2.75) is 19.6 Å². The van der Waals surface area contributed by atoms with Gasteiger partial charge in [0.2, 0.25) is 5.91 Å². The van der Waals surface area contributed by atoms with Crippen LogP contribution in [0.15, 0.2) is 24.3 Å². The quantitative estimate of drug-likeness (QED) is 0.751. The number of carbonyl (C=O) groups excluding carboxylic acids is 2. The molecule has 1 aromatic rings. The summed E-state index contributed by atoms with van der Waals surface area (Å²) in [6.45, 7) is 1.72. The molecule has 0 radical (unpaired) electrons. The van der Waals surface area contributed by atoms with E-state index in [4.69, 9.17) is 9.47 Å². The smallest absolute Gasteiger partial charge is 0.330 e. The summed E-state index contributed by atoms with van der Waals surface area (Å²) in [5, 5.41) is 2.48. The number of hydrogen-bond donors (Lipinski definition) is 1. The molecule has 0 aliphatic carbocycles. The number of nitrogens with one attached hydrogen (secondary N) is 1. The van der Waals surface area contributed by atoms with Gasteiger partial charge in [-0.3, -0.25) is 4.79 Å². The lowest BCUT2D eigenvalue weighted by atomic mass is 10.2. The third-order valence-corrected chi connectivity index (χ3v) is 2.58. The van der Waals surface area contributed by atoms with Gasteiger partial charge in [-0.2, -0.15) is 0 Å². The Balaban J connectivity index is 2.46. The summed E-state index contributed by atoms with van der Waals surface area (Å²) < 4.78 is 15.1. The summed E-state index contributed by atoms with van der Waals surface area (Å²) in [4.78, 5) is 22.4. The minimum Gasteiger partial charge on any atom is -0.497 e. The predicted octanol–water partition coefficient (Wildman–Crippen LogP) is 0.889. The average Bonchev–Trinajstić information content (AvgIpc) is 2.45. The molecule has 0 aromatic heterocycles. The molecule has 6 heteroatoms. The lowest BCUT2D eigenvalue weighted by molar-refractivity contribution is -0.146. The number of carbonyl (C=O) groups is 2. The van der Waals surface area contributed by atoms with Gasteiger partial charge < -0.3 is 19.5 Å². The number of esters is 1. The first-order valence-electron chi connectivity index (χ1n) is 6.12. The summed E-state index contributed by atoms with van der Waals surface area (Å²) in [5.74, 6) is -0.0807. The second kappa shape index (κ2) is 8.16. The molecule has 1 amide bonds. The summed E-state index contributed by atoms with van der Waals surface area (Å²) in [6, 6.07) is 6.58. The molecule has 110 valence electrons. The van der Waals surface area contributed by atoms with E-state index in [0.717, 1.165) is 11.3 Å². The summed E-state index contributed by atoms with van der Waals surface area (Å²) >= 11 is 0. The van der Waals surface area contributed by atoms with E-state index in [1.54, 1.807) is 7.11 Å². The molecule has 0 aliphatic rings. The highest BCUT2D eigenvalue weighted by molar-refractivity contribution is 5.83. The fourth-order valence-electron chi connectivity index (χ4n) is 1.57. The predicted molar refractivity (Wildman–Crippen MR) is 72.3 cm³/mol. The molecule has 1 unspecified atom stereocenters. The van der Waals surface area contributed by atoms with Crippen molar-refractivity contribution < 1.29 is 23.8 Å².